The highest BCUT2D eigenvalue weighted by atomic mass is 14.9. The third kappa shape index (κ3) is 4.05. The van der Waals surface area contributed by atoms with Gasteiger partial charge < -0.3 is 0 Å². The molecule has 0 aliphatic carbocycles. The highest BCUT2D eigenvalue weighted by molar-refractivity contribution is 6.10. The second-order valence-corrected chi connectivity index (χ2v) is 9.82. The molecule has 40 heavy (non-hydrogen) atoms. The van der Waals surface area contributed by atoms with Gasteiger partial charge in [0.1, 0.15) is 0 Å². The normalized spacial score (nSPS) is 11.2. The Bertz CT molecular complexity index is 2090. The first kappa shape index (κ1) is 23.7. The topological polar surface area (TPSA) is 38.7 Å². The monoisotopic (exact) mass is 511 g/mol. The molecule has 0 aliphatic heterocycles. The molecule has 0 amide bonds. The molecule has 0 atom stereocenters. The van der Waals surface area contributed by atoms with Crippen LogP contribution in [0.1, 0.15) is 11.3 Å². The average Bonchev–Trinajstić information content (AvgIpc) is 3.03. The van der Waals surface area contributed by atoms with Gasteiger partial charge >= 0.3 is 0 Å². The summed E-state index contributed by atoms with van der Waals surface area (Å²) in [7, 11) is 0. The van der Waals surface area contributed by atoms with Crippen molar-refractivity contribution < 1.29 is 0 Å². The summed E-state index contributed by atoms with van der Waals surface area (Å²) in [6.45, 7) is 7.77. The van der Waals surface area contributed by atoms with Gasteiger partial charge in [-0.3, -0.25) is 4.98 Å². The van der Waals surface area contributed by atoms with E-state index >= 15 is 0 Å². The molecule has 7 rings (SSSR count). The van der Waals surface area contributed by atoms with Gasteiger partial charge in [-0.2, -0.15) is 0 Å². The van der Waals surface area contributed by atoms with Crippen LogP contribution >= 0.6 is 0 Å². The minimum Gasteiger partial charge on any atom is -0.256 e. The van der Waals surface area contributed by atoms with Crippen LogP contribution in [-0.2, 0) is 0 Å². The Kier molecular flexibility index (Phi) is 5.76. The van der Waals surface area contributed by atoms with E-state index in [9.17, 15) is 0 Å². The minimum absolute atomic E-state index is 0.700. The Hall–Kier alpha value is -5.41. The molecule has 0 fully saturated rings. The van der Waals surface area contributed by atoms with Crippen molar-refractivity contribution in [2.24, 2.45) is 0 Å². The zero-order valence-corrected chi connectivity index (χ0v) is 21.9. The summed E-state index contributed by atoms with van der Waals surface area (Å²) in [4.78, 5) is 14.8. The van der Waals surface area contributed by atoms with Crippen LogP contribution in [0.15, 0.2) is 129 Å². The van der Waals surface area contributed by atoms with Crippen molar-refractivity contribution in [1.82, 2.24) is 15.0 Å². The van der Waals surface area contributed by atoms with Gasteiger partial charge in [-0.05, 0) is 46.0 Å². The van der Waals surface area contributed by atoms with Crippen molar-refractivity contribution in [2.75, 3.05) is 0 Å². The number of nitrogens with zero attached hydrogens (tertiary/aromatic N) is 3. The predicted octanol–water partition coefficient (Wildman–Crippen LogP) is 9.62. The standard InChI is InChI=1S/C37H25N3/c1-3-24-21-31(23-38-34(24)4-2)26-13-16-28(17-14-26)37-39-35(30-18-15-25-9-5-6-11-29(25)22-30)33-20-19-27-10-7-8-12-32(27)36(33)40-37/h3-23H,1-2H2. The summed E-state index contributed by atoms with van der Waals surface area (Å²) in [6.07, 6.45) is 5.43. The Morgan fingerprint density at radius 3 is 2.02 bits per heavy atom. The van der Waals surface area contributed by atoms with Gasteiger partial charge in [-0.25, -0.2) is 9.97 Å². The summed E-state index contributed by atoms with van der Waals surface area (Å²) < 4.78 is 0. The van der Waals surface area contributed by atoms with Crippen LogP contribution in [0.2, 0.25) is 0 Å². The third-order valence-corrected chi connectivity index (χ3v) is 7.45. The third-order valence-electron chi connectivity index (χ3n) is 7.45. The van der Waals surface area contributed by atoms with E-state index in [4.69, 9.17) is 9.97 Å². The summed E-state index contributed by atoms with van der Waals surface area (Å²) in [6, 6.07) is 38.1. The highest BCUT2D eigenvalue weighted by Crippen LogP contribution is 2.35. The maximum atomic E-state index is 5.16. The van der Waals surface area contributed by atoms with Crippen molar-refractivity contribution in [2.45, 2.75) is 0 Å². The van der Waals surface area contributed by atoms with Crippen LogP contribution in [-0.4, -0.2) is 15.0 Å². The van der Waals surface area contributed by atoms with Crippen LogP contribution in [0.3, 0.4) is 0 Å². The Morgan fingerprint density at radius 2 is 1.23 bits per heavy atom. The van der Waals surface area contributed by atoms with Crippen molar-refractivity contribution in [1.29, 1.82) is 0 Å². The van der Waals surface area contributed by atoms with Gasteiger partial charge in [-0.1, -0.05) is 110 Å². The van der Waals surface area contributed by atoms with E-state index in [0.717, 1.165) is 60.9 Å². The first-order chi connectivity index (χ1) is 19.7. The number of hydrogen-bond donors (Lipinski definition) is 0. The lowest BCUT2D eigenvalue weighted by molar-refractivity contribution is 1.23. The fraction of sp³-hybridized carbons (Fsp3) is 0. The van der Waals surface area contributed by atoms with Crippen molar-refractivity contribution >= 4 is 44.6 Å². The molecule has 3 heteroatoms. The van der Waals surface area contributed by atoms with E-state index in [2.05, 4.69) is 127 Å². The summed E-state index contributed by atoms with van der Waals surface area (Å²) in [5, 5.41) is 5.72. The van der Waals surface area contributed by atoms with E-state index in [1.165, 1.54) is 10.8 Å². The van der Waals surface area contributed by atoms with E-state index in [-0.39, 0.29) is 0 Å². The summed E-state index contributed by atoms with van der Waals surface area (Å²) in [5.41, 5.74) is 7.79. The molecule has 0 aliphatic rings. The molecule has 0 bridgehead atoms. The summed E-state index contributed by atoms with van der Waals surface area (Å²) >= 11 is 0. The van der Waals surface area contributed by atoms with Gasteiger partial charge in [0, 0.05) is 39.2 Å². The lowest BCUT2D eigenvalue weighted by Crippen LogP contribution is -1.96. The zero-order valence-electron chi connectivity index (χ0n) is 21.9. The molecular formula is C37H25N3. The lowest BCUT2D eigenvalue weighted by Gasteiger charge is -2.12. The van der Waals surface area contributed by atoms with Crippen LogP contribution in [0.4, 0.5) is 0 Å². The molecule has 0 unspecified atom stereocenters. The molecular weight excluding hydrogens is 486 g/mol. The molecule has 0 radical (unpaired) electrons. The first-order valence-electron chi connectivity index (χ1n) is 13.3. The number of hydrogen-bond acceptors (Lipinski definition) is 3. The van der Waals surface area contributed by atoms with Crippen molar-refractivity contribution in [3.8, 4) is 33.8 Å². The van der Waals surface area contributed by atoms with Crippen LogP contribution in [0.25, 0.3) is 78.4 Å². The molecule has 2 aromatic heterocycles. The Morgan fingerprint density at radius 1 is 0.525 bits per heavy atom. The van der Waals surface area contributed by atoms with Crippen LogP contribution < -0.4 is 0 Å². The van der Waals surface area contributed by atoms with Gasteiger partial charge in [0.15, 0.2) is 5.82 Å². The SMILES string of the molecule is C=Cc1cc(-c2ccc(-c3nc(-c4ccc5ccccc5c4)c4ccc5ccccc5c4n3)cc2)cnc1C=C. The molecule has 188 valence electrons. The minimum atomic E-state index is 0.700. The number of aromatic nitrogens is 3. The number of rotatable bonds is 5. The smallest absolute Gasteiger partial charge is 0.160 e. The molecule has 0 spiro atoms. The van der Waals surface area contributed by atoms with E-state index in [0.29, 0.717) is 5.82 Å². The van der Waals surface area contributed by atoms with Crippen molar-refractivity contribution in [3.05, 3.63) is 140 Å². The number of pyridine rings is 1. The quantitative estimate of drug-likeness (QED) is 0.216. The van der Waals surface area contributed by atoms with Gasteiger partial charge in [-0.15, -0.1) is 0 Å². The molecule has 7 aromatic rings. The molecule has 5 aromatic carbocycles. The Balaban J connectivity index is 1.40. The van der Waals surface area contributed by atoms with Crippen LogP contribution in [0, 0.1) is 0 Å². The van der Waals surface area contributed by atoms with Gasteiger partial charge in [0.2, 0.25) is 0 Å². The van der Waals surface area contributed by atoms with Crippen molar-refractivity contribution in [3.63, 3.8) is 0 Å². The zero-order chi connectivity index (χ0) is 27.1. The van der Waals surface area contributed by atoms with Crippen LogP contribution in [0.5, 0.6) is 0 Å². The fourth-order valence-electron chi connectivity index (χ4n) is 5.35. The number of benzene rings is 5. The Labute approximate surface area is 232 Å². The largest absolute Gasteiger partial charge is 0.256 e. The molecule has 2 heterocycles. The van der Waals surface area contributed by atoms with E-state index < -0.39 is 0 Å². The van der Waals surface area contributed by atoms with E-state index in [1.54, 1.807) is 6.08 Å². The van der Waals surface area contributed by atoms with Gasteiger partial charge in [0.25, 0.3) is 0 Å². The summed E-state index contributed by atoms with van der Waals surface area (Å²) in [5.74, 6) is 0.700. The molecule has 3 nitrogen and oxygen atoms in total. The fourth-order valence-corrected chi connectivity index (χ4v) is 5.35. The molecule has 0 saturated heterocycles. The first-order valence-corrected chi connectivity index (χ1v) is 13.3. The second-order valence-electron chi connectivity index (χ2n) is 9.82. The second kappa shape index (κ2) is 9.72. The maximum Gasteiger partial charge on any atom is 0.160 e. The average molecular weight is 512 g/mol. The number of fused-ring (bicyclic) bond motifs is 4. The maximum absolute atomic E-state index is 5.16. The lowest BCUT2D eigenvalue weighted by atomic mass is 9.99. The molecule has 0 saturated carbocycles. The highest BCUT2D eigenvalue weighted by Gasteiger charge is 2.14. The molecule has 0 N–H and O–H groups in total. The van der Waals surface area contributed by atoms with Gasteiger partial charge in [0.05, 0.1) is 16.9 Å². The van der Waals surface area contributed by atoms with E-state index in [1.807, 2.05) is 12.3 Å². The predicted molar refractivity (Wildman–Crippen MR) is 169 cm³/mol.